The van der Waals surface area contributed by atoms with Crippen LogP contribution in [0.2, 0.25) is 0 Å². The molecule has 0 aromatic heterocycles. The Kier molecular flexibility index (Phi) is 6.30. The molecule has 0 saturated carbocycles. The number of amides is 1. The molecule has 1 heterocycles. The summed E-state index contributed by atoms with van der Waals surface area (Å²) in [6, 6.07) is -1.12. The van der Waals surface area contributed by atoms with E-state index in [2.05, 4.69) is 5.32 Å². The van der Waals surface area contributed by atoms with Crippen LogP contribution in [0.25, 0.3) is 0 Å². The van der Waals surface area contributed by atoms with Gasteiger partial charge >= 0.3 is 5.97 Å². The van der Waals surface area contributed by atoms with Crippen molar-refractivity contribution in [3.63, 3.8) is 0 Å². The monoisotopic (exact) mass is 318 g/mol. The lowest BCUT2D eigenvalue weighted by Crippen LogP contribution is -2.58. The van der Waals surface area contributed by atoms with Crippen molar-refractivity contribution in [2.24, 2.45) is 11.7 Å². The number of nitrogens with one attached hydrogen (secondary N) is 1. The zero-order valence-electron chi connectivity index (χ0n) is 12.3. The van der Waals surface area contributed by atoms with Crippen molar-refractivity contribution in [3.05, 3.63) is 11.8 Å². The number of aliphatic carboxylic acids is 1. The SMILES string of the molecule is CC(C)C(=O)NC[C@H](O)[C@H](O)C1OC(C(=O)O)=CC(O)[C@H]1N. The zero-order chi connectivity index (χ0) is 17.0. The highest BCUT2D eigenvalue weighted by Gasteiger charge is 2.40. The van der Waals surface area contributed by atoms with Crippen molar-refractivity contribution in [1.29, 1.82) is 0 Å². The fourth-order valence-corrected chi connectivity index (χ4v) is 1.89. The molecule has 0 saturated heterocycles. The van der Waals surface area contributed by atoms with E-state index in [9.17, 15) is 24.9 Å². The predicted molar refractivity (Wildman–Crippen MR) is 74.4 cm³/mol. The fourth-order valence-electron chi connectivity index (χ4n) is 1.89. The number of carbonyl (C=O) groups is 2. The standard InChI is InChI=1S/C13H22N2O7/c1-5(2)12(19)15-4-7(17)10(18)11-9(14)6(16)3-8(22-11)13(20)21/h3,5-7,9-11,16-18H,4,14H2,1-2H3,(H,15,19)(H,20,21)/t6?,7-,9+,10-,11?/m0/s1. The molecule has 22 heavy (non-hydrogen) atoms. The number of carboxylic acids is 1. The molecule has 0 aromatic carbocycles. The maximum atomic E-state index is 11.4. The first-order valence-electron chi connectivity index (χ1n) is 6.84. The van der Waals surface area contributed by atoms with E-state index >= 15 is 0 Å². The number of ether oxygens (including phenoxy) is 1. The van der Waals surface area contributed by atoms with Crippen LogP contribution < -0.4 is 11.1 Å². The van der Waals surface area contributed by atoms with Crippen LogP contribution in [0, 0.1) is 5.92 Å². The lowest BCUT2D eigenvalue weighted by molar-refractivity contribution is -0.145. The molecule has 0 bridgehead atoms. The summed E-state index contributed by atoms with van der Waals surface area (Å²) >= 11 is 0. The van der Waals surface area contributed by atoms with E-state index < -0.39 is 42.2 Å². The summed E-state index contributed by atoms with van der Waals surface area (Å²) in [5, 5.41) is 40.9. The van der Waals surface area contributed by atoms with Gasteiger partial charge in [0.05, 0.1) is 12.1 Å². The third-order valence-corrected chi connectivity index (χ3v) is 3.31. The first-order valence-corrected chi connectivity index (χ1v) is 6.84. The van der Waals surface area contributed by atoms with Crippen molar-refractivity contribution in [2.75, 3.05) is 6.54 Å². The molecule has 0 fully saturated rings. The largest absolute Gasteiger partial charge is 0.479 e. The van der Waals surface area contributed by atoms with Crippen molar-refractivity contribution in [3.8, 4) is 0 Å². The number of carbonyl (C=O) groups excluding carboxylic acids is 1. The summed E-state index contributed by atoms with van der Waals surface area (Å²) < 4.78 is 5.02. The lowest BCUT2D eigenvalue weighted by atomic mass is 9.94. The van der Waals surface area contributed by atoms with Crippen LogP contribution in [0.1, 0.15) is 13.8 Å². The van der Waals surface area contributed by atoms with Gasteiger partial charge in [-0.3, -0.25) is 4.79 Å². The second-order valence-electron chi connectivity index (χ2n) is 5.44. The first kappa shape index (κ1) is 18.4. The van der Waals surface area contributed by atoms with Gasteiger partial charge < -0.3 is 36.2 Å². The number of rotatable bonds is 6. The van der Waals surface area contributed by atoms with Crippen LogP contribution in [-0.2, 0) is 14.3 Å². The van der Waals surface area contributed by atoms with Gasteiger partial charge in [0, 0.05) is 12.5 Å². The quantitative estimate of drug-likeness (QED) is 0.314. The lowest BCUT2D eigenvalue weighted by Gasteiger charge is -2.36. The molecule has 9 nitrogen and oxygen atoms in total. The average Bonchev–Trinajstić information content (AvgIpc) is 2.45. The molecule has 9 heteroatoms. The Hall–Kier alpha value is -1.68. The van der Waals surface area contributed by atoms with Gasteiger partial charge in [0.25, 0.3) is 0 Å². The zero-order valence-corrected chi connectivity index (χ0v) is 12.3. The van der Waals surface area contributed by atoms with Gasteiger partial charge in [0.15, 0.2) is 0 Å². The second kappa shape index (κ2) is 7.54. The van der Waals surface area contributed by atoms with E-state index in [4.69, 9.17) is 15.6 Å². The Morgan fingerprint density at radius 3 is 2.50 bits per heavy atom. The summed E-state index contributed by atoms with van der Waals surface area (Å²) in [7, 11) is 0. The molecular weight excluding hydrogens is 296 g/mol. The normalized spacial score (nSPS) is 27.6. The predicted octanol–water partition coefficient (Wildman–Crippen LogP) is -2.46. The first-order chi connectivity index (χ1) is 10.1. The van der Waals surface area contributed by atoms with Crippen LogP contribution in [-0.4, -0.2) is 69.3 Å². The van der Waals surface area contributed by atoms with Crippen LogP contribution >= 0.6 is 0 Å². The number of carboxylic acid groups (broad SMARTS) is 1. The van der Waals surface area contributed by atoms with Crippen molar-refractivity contribution >= 4 is 11.9 Å². The third-order valence-electron chi connectivity index (χ3n) is 3.31. The average molecular weight is 318 g/mol. The minimum atomic E-state index is -1.58. The summed E-state index contributed by atoms with van der Waals surface area (Å²) in [6.07, 6.45) is -4.75. The Morgan fingerprint density at radius 2 is 2.00 bits per heavy atom. The van der Waals surface area contributed by atoms with Gasteiger partial charge in [-0.1, -0.05) is 13.8 Å². The molecule has 0 radical (unpaired) electrons. The number of aliphatic hydroxyl groups excluding tert-OH is 3. The smallest absolute Gasteiger partial charge is 0.370 e. The van der Waals surface area contributed by atoms with Gasteiger partial charge in [-0.25, -0.2) is 4.79 Å². The number of hydrogen-bond acceptors (Lipinski definition) is 7. The summed E-state index contributed by atoms with van der Waals surface area (Å²) in [5.41, 5.74) is 5.66. The Labute approximate surface area is 127 Å². The summed E-state index contributed by atoms with van der Waals surface area (Å²) in [4.78, 5) is 22.3. The number of hydrogen-bond donors (Lipinski definition) is 6. The highest BCUT2D eigenvalue weighted by atomic mass is 16.5. The van der Waals surface area contributed by atoms with Crippen molar-refractivity contribution < 1.29 is 34.8 Å². The van der Waals surface area contributed by atoms with Crippen molar-refractivity contribution in [2.45, 2.75) is 44.3 Å². The van der Waals surface area contributed by atoms with Crippen LogP contribution in [0.5, 0.6) is 0 Å². The second-order valence-corrected chi connectivity index (χ2v) is 5.44. The molecular formula is C13H22N2O7. The van der Waals surface area contributed by atoms with E-state index in [-0.39, 0.29) is 18.4 Å². The van der Waals surface area contributed by atoms with Crippen LogP contribution in [0.4, 0.5) is 0 Å². The van der Waals surface area contributed by atoms with Gasteiger partial charge in [-0.05, 0) is 6.08 Å². The Balaban J connectivity index is 2.70. The van der Waals surface area contributed by atoms with Gasteiger partial charge in [-0.15, -0.1) is 0 Å². The van der Waals surface area contributed by atoms with Gasteiger partial charge in [0.2, 0.25) is 11.7 Å². The van der Waals surface area contributed by atoms with Gasteiger partial charge in [-0.2, -0.15) is 0 Å². The highest BCUT2D eigenvalue weighted by Crippen LogP contribution is 2.21. The molecule has 0 aliphatic carbocycles. The topological polar surface area (TPSA) is 162 Å². The minimum absolute atomic E-state index is 0.257. The van der Waals surface area contributed by atoms with Gasteiger partial charge in [0.1, 0.15) is 18.3 Å². The molecule has 1 rings (SSSR count). The van der Waals surface area contributed by atoms with E-state index in [1.165, 1.54) is 0 Å². The maximum absolute atomic E-state index is 11.4. The van der Waals surface area contributed by atoms with E-state index in [1.54, 1.807) is 13.8 Å². The molecule has 7 N–H and O–H groups in total. The van der Waals surface area contributed by atoms with Crippen LogP contribution in [0.3, 0.4) is 0 Å². The third kappa shape index (κ3) is 4.41. The summed E-state index contributed by atoms with van der Waals surface area (Å²) in [5.74, 6) is -2.59. The van der Waals surface area contributed by atoms with E-state index in [0.717, 1.165) is 6.08 Å². The molecule has 0 aromatic rings. The fraction of sp³-hybridized carbons (Fsp3) is 0.692. The number of aliphatic hydroxyl groups is 3. The minimum Gasteiger partial charge on any atom is -0.479 e. The molecule has 5 atom stereocenters. The summed E-state index contributed by atoms with van der Waals surface area (Å²) in [6.45, 7) is 3.07. The van der Waals surface area contributed by atoms with E-state index in [0.29, 0.717) is 0 Å². The molecule has 0 spiro atoms. The molecule has 1 aliphatic rings. The van der Waals surface area contributed by atoms with Crippen LogP contribution in [0.15, 0.2) is 11.8 Å². The van der Waals surface area contributed by atoms with E-state index in [1.807, 2.05) is 0 Å². The maximum Gasteiger partial charge on any atom is 0.370 e. The Bertz CT molecular complexity index is 452. The molecule has 1 aliphatic heterocycles. The molecule has 2 unspecified atom stereocenters. The van der Waals surface area contributed by atoms with Crippen molar-refractivity contribution in [1.82, 2.24) is 5.32 Å². The highest BCUT2D eigenvalue weighted by molar-refractivity contribution is 5.84. The molecule has 126 valence electrons. The number of nitrogens with two attached hydrogens (primary N) is 1. The Morgan fingerprint density at radius 1 is 1.41 bits per heavy atom. The molecule has 1 amide bonds.